The minimum atomic E-state index is 0.0267. The molecule has 2 aliphatic heterocycles. The van der Waals surface area contributed by atoms with Gasteiger partial charge in [-0.2, -0.15) is 0 Å². The highest BCUT2D eigenvalue weighted by molar-refractivity contribution is 5.77. The minimum absolute atomic E-state index is 0.0267. The maximum absolute atomic E-state index is 12.6. The zero-order valence-electron chi connectivity index (χ0n) is 14.9. The first-order valence-electron chi connectivity index (χ1n) is 8.72. The Bertz CT molecular complexity index is 600. The molecule has 0 aliphatic carbocycles. The van der Waals surface area contributed by atoms with Gasteiger partial charge in [0.25, 0.3) is 0 Å². The van der Waals surface area contributed by atoms with Crippen molar-refractivity contribution in [3.05, 3.63) is 17.1 Å². The number of hydrogen-bond acceptors (Lipinski definition) is 4. The number of aromatic nitrogens is 2. The number of fused-ring (bicyclic) bond motifs is 1. The lowest BCUT2D eigenvalue weighted by Crippen LogP contribution is -2.39. The van der Waals surface area contributed by atoms with Crippen molar-refractivity contribution in [2.75, 3.05) is 24.5 Å². The molecule has 0 N–H and O–H groups in total. The summed E-state index contributed by atoms with van der Waals surface area (Å²) in [6, 6.07) is 0. The summed E-state index contributed by atoms with van der Waals surface area (Å²) >= 11 is 0. The number of aryl methyl sites for hydroxylation is 1. The van der Waals surface area contributed by atoms with E-state index in [9.17, 15) is 4.79 Å². The summed E-state index contributed by atoms with van der Waals surface area (Å²) in [7, 11) is 0. The fourth-order valence-corrected chi connectivity index (χ4v) is 3.49. The first-order valence-corrected chi connectivity index (χ1v) is 8.72. The Labute approximate surface area is 139 Å². The maximum atomic E-state index is 12.6. The normalized spacial score (nSPS) is 18.3. The molecule has 0 saturated carbocycles. The van der Waals surface area contributed by atoms with Gasteiger partial charge < -0.3 is 9.80 Å². The van der Waals surface area contributed by atoms with Crippen LogP contribution in [-0.2, 0) is 17.8 Å². The third-order valence-corrected chi connectivity index (χ3v) is 4.59. The Morgan fingerprint density at radius 3 is 2.48 bits per heavy atom. The van der Waals surface area contributed by atoms with Gasteiger partial charge in [-0.3, -0.25) is 4.79 Å². The van der Waals surface area contributed by atoms with E-state index in [2.05, 4.69) is 30.7 Å². The molecule has 1 fully saturated rings. The SMILES string of the molecule is Cc1nc2c(c(N3CCCC3)n1)CN(C(=O)CC(C)(C)C)CC2. The van der Waals surface area contributed by atoms with Crippen LogP contribution in [0.5, 0.6) is 0 Å². The van der Waals surface area contributed by atoms with Gasteiger partial charge in [-0.05, 0) is 25.2 Å². The van der Waals surface area contributed by atoms with E-state index in [4.69, 9.17) is 4.98 Å². The smallest absolute Gasteiger partial charge is 0.223 e. The zero-order valence-corrected chi connectivity index (χ0v) is 14.9. The summed E-state index contributed by atoms with van der Waals surface area (Å²) in [6.45, 7) is 11.9. The number of amides is 1. The lowest BCUT2D eigenvalue weighted by atomic mass is 9.91. The second-order valence-electron chi connectivity index (χ2n) is 8.02. The van der Waals surface area contributed by atoms with Crippen LogP contribution in [0.15, 0.2) is 0 Å². The standard InChI is InChI=1S/C18H28N4O/c1-13-19-15-7-10-22(16(23)11-18(2,3)4)12-14(15)17(20-13)21-8-5-6-9-21/h5-12H2,1-4H3. The topological polar surface area (TPSA) is 49.3 Å². The van der Waals surface area contributed by atoms with Gasteiger partial charge >= 0.3 is 0 Å². The Hall–Kier alpha value is -1.65. The van der Waals surface area contributed by atoms with Crippen molar-refractivity contribution in [2.24, 2.45) is 5.41 Å². The molecule has 1 saturated heterocycles. The van der Waals surface area contributed by atoms with E-state index in [-0.39, 0.29) is 11.3 Å². The number of carbonyl (C=O) groups excluding carboxylic acids is 1. The van der Waals surface area contributed by atoms with Gasteiger partial charge in [0.2, 0.25) is 5.91 Å². The number of hydrogen-bond donors (Lipinski definition) is 0. The molecule has 2 aliphatic rings. The highest BCUT2D eigenvalue weighted by Crippen LogP contribution is 2.30. The van der Waals surface area contributed by atoms with Crippen molar-refractivity contribution in [1.82, 2.24) is 14.9 Å². The van der Waals surface area contributed by atoms with Gasteiger partial charge in [0.05, 0.1) is 12.2 Å². The molecule has 5 heteroatoms. The second-order valence-corrected chi connectivity index (χ2v) is 8.02. The van der Waals surface area contributed by atoms with E-state index in [0.29, 0.717) is 13.0 Å². The summed E-state index contributed by atoms with van der Waals surface area (Å²) in [6.07, 6.45) is 3.89. The van der Waals surface area contributed by atoms with Crippen LogP contribution in [-0.4, -0.2) is 40.4 Å². The Morgan fingerprint density at radius 2 is 1.83 bits per heavy atom. The third kappa shape index (κ3) is 3.65. The average Bonchev–Trinajstić information content (AvgIpc) is 2.98. The molecule has 1 aromatic rings. The molecule has 0 radical (unpaired) electrons. The molecular weight excluding hydrogens is 288 g/mol. The molecule has 3 heterocycles. The molecule has 1 amide bonds. The third-order valence-electron chi connectivity index (χ3n) is 4.59. The number of anilines is 1. The highest BCUT2D eigenvalue weighted by atomic mass is 16.2. The van der Waals surface area contributed by atoms with E-state index in [1.165, 1.54) is 18.4 Å². The van der Waals surface area contributed by atoms with E-state index in [0.717, 1.165) is 43.4 Å². The molecule has 126 valence electrons. The van der Waals surface area contributed by atoms with Crippen LogP contribution >= 0.6 is 0 Å². The number of rotatable bonds is 2. The minimum Gasteiger partial charge on any atom is -0.356 e. The van der Waals surface area contributed by atoms with Gasteiger partial charge in [-0.15, -0.1) is 0 Å². The Balaban J connectivity index is 1.85. The largest absolute Gasteiger partial charge is 0.356 e. The molecule has 0 aromatic carbocycles. The van der Waals surface area contributed by atoms with Crippen molar-refractivity contribution >= 4 is 11.7 Å². The van der Waals surface area contributed by atoms with Crippen molar-refractivity contribution in [3.63, 3.8) is 0 Å². The van der Waals surface area contributed by atoms with Crippen molar-refractivity contribution in [1.29, 1.82) is 0 Å². The molecule has 0 unspecified atom stereocenters. The summed E-state index contributed by atoms with van der Waals surface area (Å²) in [4.78, 5) is 26.3. The summed E-state index contributed by atoms with van der Waals surface area (Å²) in [5.41, 5.74) is 2.34. The quantitative estimate of drug-likeness (QED) is 0.842. The lowest BCUT2D eigenvalue weighted by molar-refractivity contribution is -0.134. The maximum Gasteiger partial charge on any atom is 0.223 e. The first kappa shape index (κ1) is 16.2. The molecule has 0 spiro atoms. The molecule has 5 nitrogen and oxygen atoms in total. The van der Waals surface area contributed by atoms with Gasteiger partial charge in [-0.25, -0.2) is 9.97 Å². The first-order chi connectivity index (χ1) is 10.8. The van der Waals surface area contributed by atoms with Crippen molar-refractivity contribution in [3.8, 4) is 0 Å². The Kier molecular flexibility index (Phi) is 4.30. The van der Waals surface area contributed by atoms with E-state index in [1.807, 2.05) is 11.8 Å². The van der Waals surface area contributed by atoms with Crippen molar-refractivity contribution < 1.29 is 4.79 Å². The van der Waals surface area contributed by atoms with Crippen LogP contribution in [0, 0.1) is 12.3 Å². The van der Waals surface area contributed by atoms with E-state index in [1.54, 1.807) is 0 Å². The van der Waals surface area contributed by atoms with Crippen LogP contribution in [0.25, 0.3) is 0 Å². The van der Waals surface area contributed by atoms with E-state index >= 15 is 0 Å². The van der Waals surface area contributed by atoms with Crippen LogP contribution in [0.3, 0.4) is 0 Å². The van der Waals surface area contributed by atoms with Crippen LogP contribution < -0.4 is 4.90 Å². The summed E-state index contributed by atoms with van der Waals surface area (Å²) < 4.78 is 0. The number of carbonyl (C=O) groups is 1. The zero-order chi connectivity index (χ0) is 16.6. The van der Waals surface area contributed by atoms with Crippen molar-refractivity contribution in [2.45, 2.75) is 59.9 Å². The molecule has 3 rings (SSSR count). The fourth-order valence-electron chi connectivity index (χ4n) is 3.49. The summed E-state index contributed by atoms with van der Waals surface area (Å²) in [5, 5.41) is 0. The van der Waals surface area contributed by atoms with Crippen LogP contribution in [0.1, 0.15) is 57.1 Å². The fraction of sp³-hybridized carbons (Fsp3) is 0.722. The van der Waals surface area contributed by atoms with Gasteiger partial charge in [-0.1, -0.05) is 20.8 Å². The molecule has 23 heavy (non-hydrogen) atoms. The molecule has 0 atom stereocenters. The van der Waals surface area contributed by atoms with Crippen LogP contribution in [0.2, 0.25) is 0 Å². The Morgan fingerprint density at radius 1 is 1.13 bits per heavy atom. The monoisotopic (exact) mass is 316 g/mol. The van der Waals surface area contributed by atoms with Crippen LogP contribution in [0.4, 0.5) is 5.82 Å². The number of nitrogens with zero attached hydrogens (tertiary/aromatic N) is 4. The predicted molar refractivity (Wildman–Crippen MR) is 91.4 cm³/mol. The molecule has 0 bridgehead atoms. The molecular formula is C18H28N4O. The van der Waals surface area contributed by atoms with E-state index < -0.39 is 0 Å². The highest BCUT2D eigenvalue weighted by Gasteiger charge is 2.29. The van der Waals surface area contributed by atoms with Gasteiger partial charge in [0, 0.05) is 38.0 Å². The summed E-state index contributed by atoms with van der Waals surface area (Å²) in [5.74, 6) is 2.16. The average molecular weight is 316 g/mol. The van der Waals surface area contributed by atoms with Gasteiger partial charge in [0.15, 0.2) is 0 Å². The molecule has 1 aromatic heterocycles. The van der Waals surface area contributed by atoms with Gasteiger partial charge in [0.1, 0.15) is 11.6 Å². The second kappa shape index (κ2) is 6.10. The predicted octanol–water partition coefficient (Wildman–Crippen LogP) is 2.71. The lowest BCUT2D eigenvalue weighted by Gasteiger charge is -2.33.